The molecular weight excluding hydrogens is 174 g/mol. The van der Waals surface area contributed by atoms with Gasteiger partial charge in [-0.25, -0.2) is 0 Å². The second-order valence-corrected chi connectivity index (χ2v) is 3.13. The second kappa shape index (κ2) is 2.88. The summed E-state index contributed by atoms with van der Waals surface area (Å²) in [7, 11) is 2.50. The smallest absolute Gasteiger partial charge is 0.0478 e. The molecule has 0 saturated carbocycles. The van der Waals surface area contributed by atoms with Crippen LogP contribution in [0, 0.1) is 0 Å². The van der Waals surface area contributed by atoms with Gasteiger partial charge in [0.25, 0.3) is 0 Å². The van der Waals surface area contributed by atoms with Crippen molar-refractivity contribution < 1.29 is 0 Å². The van der Waals surface area contributed by atoms with E-state index in [2.05, 4.69) is 9.24 Å². The molecule has 1 atom stereocenters. The van der Waals surface area contributed by atoms with Crippen LogP contribution in [0.4, 0.5) is 0 Å². The van der Waals surface area contributed by atoms with E-state index >= 15 is 0 Å². The first-order valence-corrected chi connectivity index (χ1v) is 3.74. The highest BCUT2D eigenvalue weighted by molar-refractivity contribution is 7.28. The van der Waals surface area contributed by atoms with Gasteiger partial charge in [-0.2, -0.15) is 0 Å². The molecule has 0 aliphatic carbocycles. The third-order valence-corrected chi connectivity index (χ3v) is 2.20. The van der Waals surface area contributed by atoms with E-state index < -0.39 is 0 Å². The Labute approximate surface area is 66.4 Å². The van der Waals surface area contributed by atoms with Crippen LogP contribution >= 0.6 is 32.4 Å². The molecule has 0 saturated heterocycles. The van der Waals surface area contributed by atoms with Crippen LogP contribution in [0.15, 0.2) is 18.2 Å². The van der Waals surface area contributed by atoms with Crippen molar-refractivity contribution in [2.75, 3.05) is 0 Å². The van der Waals surface area contributed by atoms with Gasteiger partial charge in [0, 0.05) is 10.0 Å². The minimum absolute atomic E-state index is 0.712. The fourth-order valence-electron chi connectivity index (χ4n) is 0.515. The summed E-state index contributed by atoms with van der Waals surface area (Å²) >= 11 is 11.3. The van der Waals surface area contributed by atoms with Gasteiger partial charge in [-0.05, 0) is 23.5 Å². The summed E-state index contributed by atoms with van der Waals surface area (Å²) in [5, 5.41) is 2.37. The van der Waals surface area contributed by atoms with Crippen LogP contribution in [0.1, 0.15) is 0 Å². The first kappa shape index (κ1) is 7.34. The van der Waals surface area contributed by atoms with Crippen molar-refractivity contribution in [3.05, 3.63) is 28.2 Å². The van der Waals surface area contributed by atoms with Crippen molar-refractivity contribution in [3.8, 4) is 0 Å². The van der Waals surface area contributed by atoms with Crippen molar-refractivity contribution in [3.63, 3.8) is 0 Å². The fraction of sp³-hybridized carbons (Fsp3) is 0. The largest absolute Gasteiger partial charge is 0.104 e. The molecule has 1 unspecified atom stereocenters. The highest BCUT2D eigenvalue weighted by Crippen LogP contribution is 2.13. The van der Waals surface area contributed by atoms with Gasteiger partial charge in [-0.3, -0.25) is 0 Å². The Kier molecular flexibility index (Phi) is 2.35. The Bertz CT molecular complexity index is 222. The first-order chi connectivity index (χ1) is 4.20. The van der Waals surface area contributed by atoms with Crippen molar-refractivity contribution in [1.29, 1.82) is 0 Å². The van der Waals surface area contributed by atoms with Crippen LogP contribution in [0.5, 0.6) is 0 Å². The van der Waals surface area contributed by atoms with Gasteiger partial charge in [0.1, 0.15) is 0 Å². The summed E-state index contributed by atoms with van der Waals surface area (Å²) in [5.74, 6) is 0. The third kappa shape index (κ3) is 1.82. The number of halogens is 2. The van der Waals surface area contributed by atoms with Crippen molar-refractivity contribution in [1.82, 2.24) is 0 Å². The summed E-state index contributed by atoms with van der Waals surface area (Å²) in [5.41, 5.74) is 0. The molecule has 0 aliphatic heterocycles. The molecule has 0 heterocycles. The number of rotatable bonds is 0. The van der Waals surface area contributed by atoms with Crippen LogP contribution < -0.4 is 5.30 Å². The van der Waals surface area contributed by atoms with Crippen molar-refractivity contribution in [2.45, 2.75) is 0 Å². The number of hydrogen-bond acceptors (Lipinski definition) is 0. The SMILES string of the molecule is Pc1cc(Cl)ccc1Cl. The zero-order chi connectivity index (χ0) is 6.85. The van der Waals surface area contributed by atoms with Gasteiger partial charge in [0.15, 0.2) is 0 Å². The number of hydrogen-bond donors (Lipinski definition) is 0. The molecule has 0 radical (unpaired) electrons. The molecule has 1 rings (SSSR count). The highest BCUT2D eigenvalue weighted by atomic mass is 35.5. The second-order valence-electron chi connectivity index (χ2n) is 1.67. The molecule has 48 valence electrons. The molecule has 9 heavy (non-hydrogen) atoms. The molecule has 0 bridgehead atoms. The third-order valence-electron chi connectivity index (χ3n) is 0.958. The van der Waals surface area contributed by atoms with E-state index in [0.717, 1.165) is 10.3 Å². The first-order valence-electron chi connectivity index (χ1n) is 2.40. The van der Waals surface area contributed by atoms with E-state index in [0.29, 0.717) is 5.02 Å². The molecular formula is C6H5Cl2P. The lowest BCUT2D eigenvalue weighted by molar-refractivity contribution is 1.77. The van der Waals surface area contributed by atoms with Gasteiger partial charge in [-0.15, -0.1) is 9.24 Å². The lowest BCUT2D eigenvalue weighted by Crippen LogP contribution is -1.89. The molecule has 0 amide bonds. The van der Waals surface area contributed by atoms with E-state index in [1.54, 1.807) is 18.2 Å². The molecule has 0 nitrogen and oxygen atoms in total. The molecule has 1 aromatic carbocycles. The van der Waals surface area contributed by atoms with E-state index in [1.807, 2.05) is 0 Å². The predicted molar refractivity (Wildman–Crippen MR) is 45.8 cm³/mol. The van der Waals surface area contributed by atoms with E-state index in [-0.39, 0.29) is 0 Å². The maximum atomic E-state index is 5.70. The summed E-state index contributed by atoms with van der Waals surface area (Å²) in [6.07, 6.45) is 0. The molecule has 3 heteroatoms. The van der Waals surface area contributed by atoms with Crippen molar-refractivity contribution in [2.24, 2.45) is 0 Å². The van der Waals surface area contributed by atoms with Crippen molar-refractivity contribution >= 4 is 37.7 Å². The van der Waals surface area contributed by atoms with Gasteiger partial charge >= 0.3 is 0 Å². The van der Waals surface area contributed by atoms with Crippen LogP contribution in [-0.2, 0) is 0 Å². The Hall–Kier alpha value is 0.230. The zero-order valence-corrected chi connectivity index (χ0v) is 7.23. The lowest BCUT2D eigenvalue weighted by atomic mass is 10.4. The summed E-state index contributed by atoms with van der Waals surface area (Å²) in [6, 6.07) is 5.33. The van der Waals surface area contributed by atoms with Crippen LogP contribution in [-0.4, -0.2) is 0 Å². The summed E-state index contributed by atoms with van der Waals surface area (Å²) in [6.45, 7) is 0. The average Bonchev–Trinajstić information content (AvgIpc) is 1.80. The summed E-state index contributed by atoms with van der Waals surface area (Å²) < 4.78 is 0. The molecule has 1 aromatic rings. The normalized spacial score (nSPS) is 9.67. The average molecular weight is 179 g/mol. The molecule has 0 fully saturated rings. The quantitative estimate of drug-likeness (QED) is 0.536. The maximum Gasteiger partial charge on any atom is 0.0478 e. The van der Waals surface area contributed by atoms with Gasteiger partial charge in [-0.1, -0.05) is 23.2 Å². The predicted octanol–water partition coefficient (Wildman–Crippen LogP) is 2.49. The zero-order valence-electron chi connectivity index (χ0n) is 4.57. The lowest BCUT2D eigenvalue weighted by Gasteiger charge is -1.94. The van der Waals surface area contributed by atoms with Gasteiger partial charge < -0.3 is 0 Å². The van der Waals surface area contributed by atoms with E-state index in [9.17, 15) is 0 Å². The minimum Gasteiger partial charge on any atom is -0.104 e. The molecule has 0 spiro atoms. The Morgan fingerprint density at radius 2 is 1.89 bits per heavy atom. The fourth-order valence-corrected chi connectivity index (χ4v) is 1.19. The minimum atomic E-state index is 0.712. The molecule has 0 N–H and O–H groups in total. The maximum absolute atomic E-state index is 5.70. The van der Waals surface area contributed by atoms with Crippen LogP contribution in [0.3, 0.4) is 0 Å². The topological polar surface area (TPSA) is 0 Å². The Morgan fingerprint density at radius 1 is 1.22 bits per heavy atom. The van der Waals surface area contributed by atoms with Crippen LogP contribution in [0.25, 0.3) is 0 Å². The summed E-state index contributed by atoms with van der Waals surface area (Å²) in [4.78, 5) is 0. The van der Waals surface area contributed by atoms with Gasteiger partial charge in [0.2, 0.25) is 0 Å². The highest BCUT2D eigenvalue weighted by Gasteiger charge is 1.92. The Balaban J connectivity index is 3.17. The van der Waals surface area contributed by atoms with Gasteiger partial charge in [0.05, 0.1) is 0 Å². The Morgan fingerprint density at radius 3 is 2.33 bits per heavy atom. The van der Waals surface area contributed by atoms with E-state index in [4.69, 9.17) is 23.2 Å². The standard InChI is InChI=1S/C6H5Cl2P/c7-4-1-2-5(8)6(9)3-4/h1-3H,9H2. The van der Waals surface area contributed by atoms with E-state index in [1.165, 1.54) is 0 Å². The molecule has 0 aromatic heterocycles. The van der Waals surface area contributed by atoms with Crippen LogP contribution in [0.2, 0.25) is 10.0 Å². The monoisotopic (exact) mass is 178 g/mol. The molecule has 0 aliphatic rings. The number of benzene rings is 1.